The Hall–Kier alpha value is -0.840. The van der Waals surface area contributed by atoms with Crippen LogP contribution in [0, 0.1) is 5.82 Å². The van der Waals surface area contributed by atoms with Crippen molar-refractivity contribution in [2.24, 2.45) is 0 Å². The highest BCUT2D eigenvalue weighted by Gasteiger charge is 2.10. The van der Waals surface area contributed by atoms with E-state index in [1.54, 1.807) is 5.48 Å². The van der Waals surface area contributed by atoms with Gasteiger partial charge in [0.15, 0.2) is 11.6 Å². The molecule has 0 fully saturated rings. The molecule has 0 bridgehead atoms. The van der Waals surface area contributed by atoms with E-state index >= 15 is 0 Å². The quantitative estimate of drug-likeness (QED) is 0.624. The van der Waals surface area contributed by atoms with Crippen LogP contribution in [0.25, 0.3) is 0 Å². The first kappa shape index (κ1) is 9.25. The lowest BCUT2D eigenvalue weighted by atomic mass is 10.2. The van der Waals surface area contributed by atoms with Crippen LogP contribution in [0.2, 0.25) is 5.02 Å². The van der Waals surface area contributed by atoms with Gasteiger partial charge in [0.2, 0.25) is 0 Å². The van der Waals surface area contributed by atoms with Crippen molar-refractivity contribution >= 4 is 11.6 Å². The van der Waals surface area contributed by atoms with Crippen molar-refractivity contribution in [2.45, 2.75) is 6.54 Å². The van der Waals surface area contributed by atoms with E-state index in [0.717, 1.165) is 6.07 Å². The number of phenolic OH excluding ortho intramolecular Hbond substituents is 1. The molecule has 0 saturated carbocycles. The van der Waals surface area contributed by atoms with Crippen LogP contribution in [0.1, 0.15) is 5.56 Å². The van der Waals surface area contributed by atoms with Gasteiger partial charge in [-0.25, -0.2) is 9.87 Å². The number of nitrogens with one attached hydrogen (secondary N) is 1. The number of hydrogen-bond acceptors (Lipinski definition) is 3. The first-order valence-corrected chi connectivity index (χ1v) is 3.57. The van der Waals surface area contributed by atoms with Crippen LogP contribution < -0.4 is 5.48 Å². The molecule has 0 amide bonds. The van der Waals surface area contributed by atoms with E-state index in [1.165, 1.54) is 6.07 Å². The molecular weight excluding hydrogens is 185 g/mol. The van der Waals surface area contributed by atoms with Crippen LogP contribution in [0.4, 0.5) is 4.39 Å². The molecule has 0 saturated heterocycles. The fourth-order valence-electron chi connectivity index (χ4n) is 0.826. The lowest BCUT2D eigenvalue weighted by molar-refractivity contribution is 0.160. The first-order valence-electron chi connectivity index (χ1n) is 3.19. The fourth-order valence-corrected chi connectivity index (χ4v) is 1.04. The number of halogens is 2. The van der Waals surface area contributed by atoms with Crippen molar-refractivity contribution in [3.63, 3.8) is 0 Å². The van der Waals surface area contributed by atoms with E-state index in [-0.39, 0.29) is 17.1 Å². The second-order valence-electron chi connectivity index (χ2n) is 2.19. The van der Waals surface area contributed by atoms with Gasteiger partial charge in [0.1, 0.15) is 0 Å². The topological polar surface area (TPSA) is 52.5 Å². The lowest BCUT2D eigenvalue weighted by Crippen LogP contribution is -2.08. The van der Waals surface area contributed by atoms with Crippen LogP contribution in [0.15, 0.2) is 12.1 Å². The van der Waals surface area contributed by atoms with Gasteiger partial charge in [-0.3, -0.25) is 0 Å². The van der Waals surface area contributed by atoms with E-state index in [2.05, 4.69) is 0 Å². The maximum atomic E-state index is 13.0. The summed E-state index contributed by atoms with van der Waals surface area (Å²) in [5.74, 6) is -1.30. The van der Waals surface area contributed by atoms with Crippen molar-refractivity contribution in [3.05, 3.63) is 28.5 Å². The minimum Gasteiger partial charge on any atom is -0.505 e. The lowest BCUT2D eigenvalue weighted by Gasteiger charge is -2.05. The third-order valence-corrected chi connectivity index (χ3v) is 1.78. The fraction of sp³-hybridized carbons (Fsp3) is 0.143. The second kappa shape index (κ2) is 3.71. The maximum Gasteiger partial charge on any atom is 0.170 e. The maximum absolute atomic E-state index is 13.0. The minimum atomic E-state index is -0.816. The highest BCUT2D eigenvalue weighted by molar-refractivity contribution is 6.31. The summed E-state index contributed by atoms with van der Waals surface area (Å²) in [7, 11) is 0. The minimum absolute atomic E-state index is 0.0409. The van der Waals surface area contributed by atoms with E-state index in [1.807, 2.05) is 0 Å². The molecular formula is C7H7ClFNO2. The van der Waals surface area contributed by atoms with Crippen LogP contribution in [0.5, 0.6) is 5.75 Å². The molecule has 0 aliphatic rings. The van der Waals surface area contributed by atoms with Crippen molar-refractivity contribution in [1.82, 2.24) is 5.48 Å². The summed E-state index contributed by atoms with van der Waals surface area (Å²) in [6.45, 7) is -0.140. The summed E-state index contributed by atoms with van der Waals surface area (Å²) in [6, 6.07) is 2.51. The number of rotatable bonds is 2. The Balaban J connectivity index is 3.14. The van der Waals surface area contributed by atoms with Gasteiger partial charge < -0.3 is 10.3 Å². The van der Waals surface area contributed by atoms with Gasteiger partial charge in [-0.1, -0.05) is 11.6 Å². The standard InChI is InChI=1S/C7H7ClFNO2/c8-5-1-2-6(11)7(9)4(5)3-10-12/h1-2,10-12H,3H2. The normalized spacial score (nSPS) is 10.2. The average Bonchev–Trinajstić information content (AvgIpc) is 2.06. The van der Waals surface area contributed by atoms with Crippen LogP contribution >= 0.6 is 11.6 Å². The molecule has 3 N–H and O–H groups in total. The highest BCUT2D eigenvalue weighted by Crippen LogP contribution is 2.25. The molecule has 0 aliphatic carbocycles. The molecule has 0 spiro atoms. The van der Waals surface area contributed by atoms with E-state index in [4.69, 9.17) is 21.9 Å². The average molecular weight is 192 g/mol. The van der Waals surface area contributed by atoms with Gasteiger partial charge >= 0.3 is 0 Å². The van der Waals surface area contributed by atoms with Gasteiger partial charge in [-0.15, -0.1) is 0 Å². The summed E-state index contributed by atoms with van der Waals surface area (Å²) in [5, 5.41) is 17.4. The Kier molecular flexibility index (Phi) is 2.86. The van der Waals surface area contributed by atoms with Crippen molar-refractivity contribution < 1.29 is 14.7 Å². The van der Waals surface area contributed by atoms with Crippen molar-refractivity contribution in [2.75, 3.05) is 0 Å². The monoisotopic (exact) mass is 191 g/mol. The Bertz CT molecular complexity index is 293. The number of hydrogen-bond donors (Lipinski definition) is 3. The molecule has 0 unspecified atom stereocenters. The largest absolute Gasteiger partial charge is 0.505 e. The third-order valence-electron chi connectivity index (χ3n) is 1.42. The predicted octanol–water partition coefficient (Wildman–Crippen LogP) is 1.66. The van der Waals surface area contributed by atoms with E-state index < -0.39 is 11.6 Å². The van der Waals surface area contributed by atoms with Gasteiger partial charge in [-0.05, 0) is 12.1 Å². The zero-order valence-electron chi connectivity index (χ0n) is 6.01. The Morgan fingerprint density at radius 3 is 2.75 bits per heavy atom. The summed E-state index contributed by atoms with van der Waals surface area (Å²) in [6.07, 6.45) is 0. The molecule has 0 aliphatic heterocycles. The third kappa shape index (κ3) is 1.66. The zero-order valence-corrected chi connectivity index (χ0v) is 6.77. The summed E-state index contributed by atoms with van der Waals surface area (Å²) < 4.78 is 13.0. The van der Waals surface area contributed by atoms with Gasteiger partial charge in [-0.2, -0.15) is 0 Å². The van der Waals surface area contributed by atoms with Crippen LogP contribution in [-0.4, -0.2) is 10.3 Å². The molecule has 5 heteroatoms. The first-order chi connectivity index (χ1) is 5.66. The van der Waals surface area contributed by atoms with Gasteiger partial charge in [0, 0.05) is 10.6 Å². The Morgan fingerprint density at radius 1 is 1.50 bits per heavy atom. The van der Waals surface area contributed by atoms with Crippen LogP contribution in [-0.2, 0) is 6.54 Å². The van der Waals surface area contributed by atoms with Crippen molar-refractivity contribution in [3.8, 4) is 5.75 Å². The van der Waals surface area contributed by atoms with E-state index in [0.29, 0.717) is 0 Å². The number of aromatic hydroxyl groups is 1. The number of benzene rings is 1. The van der Waals surface area contributed by atoms with E-state index in [9.17, 15) is 4.39 Å². The molecule has 1 aromatic rings. The van der Waals surface area contributed by atoms with Gasteiger partial charge in [0.05, 0.1) is 6.54 Å². The Labute approximate surface area is 73.4 Å². The summed E-state index contributed by atoms with van der Waals surface area (Å²) in [4.78, 5) is 0. The number of phenols is 1. The molecule has 1 aromatic carbocycles. The molecule has 0 atom stereocenters. The highest BCUT2D eigenvalue weighted by atomic mass is 35.5. The molecule has 1 rings (SSSR count). The molecule has 12 heavy (non-hydrogen) atoms. The molecule has 0 aromatic heterocycles. The summed E-state index contributed by atoms with van der Waals surface area (Å²) >= 11 is 5.58. The smallest absolute Gasteiger partial charge is 0.170 e. The number of hydroxylamine groups is 1. The molecule has 0 heterocycles. The van der Waals surface area contributed by atoms with Crippen molar-refractivity contribution in [1.29, 1.82) is 0 Å². The zero-order chi connectivity index (χ0) is 9.14. The Morgan fingerprint density at radius 2 is 2.17 bits per heavy atom. The molecule has 66 valence electrons. The SMILES string of the molecule is ONCc1c(Cl)ccc(O)c1F. The summed E-state index contributed by atoms with van der Waals surface area (Å²) in [5.41, 5.74) is 1.80. The second-order valence-corrected chi connectivity index (χ2v) is 2.60. The van der Waals surface area contributed by atoms with Crippen LogP contribution in [0.3, 0.4) is 0 Å². The molecule has 0 radical (unpaired) electrons. The van der Waals surface area contributed by atoms with Gasteiger partial charge in [0.25, 0.3) is 0 Å². The predicted molar refractivity (Wildman–Crippen MR) is 41.7 cm³/mol. The molecule has 3 nitrogen and oxygen atoms in total.